The Morgan fingerprint density at radius 2 is 2.29 bits per heavy atom. The first-order chi connectivity index (χ1) is 11.7. The quantitative estimate of drug-likeness (QED) is 0.683. The molecule has 2 aromatic rings. The highest BCUT2D eigenvalue weighted by Crippen LogP contribution is 2.28. The van der Waals surface area contributed by atoms with Crippen LogP contribution in [0.25, 0.3) is 0 Å². The first-order valence-electron chi connectivity index (χ1n) is 8.55. The normalized spacial score (nSPS) is 18.2. The highest BCUT2D eigenvalue weighted by atomic mass is 32.1. The SMILES string of the molecule is CCn1nnc2c1C(COCCN(C)C)CN(Cc1ccsc1)C2. The van der Waals surface area contributed by atoms with E-state index in [0.29, 0.717) is 5.92 Å². The van der Waals surface area contributed by atoms with Gasteiger partial charge in [-0.05, 0) is 43.4 Å². The molecule has 0 saturated carbocycles. The van der Waals surface area contributed by atoms with Gasteiger partial charge in [0.05, 0.1) is 18.9 Å². The van der Waals surface area contributed by atoms with Gasteiger partial charge in [0.2, 0.25) is 0 Å². The lowest BCUT2D eigenvalue weighted by molar-refractivity contribution is 0.0832. The molecule has 7 heteroatoms. The number of likely N-dealkylation sites (N-methyl/N-ethyl adjacent to an activating group) is 1. The van der Waals surface area contributed by atoms with Crippen molar-refractivity contribution in [1.29, 1.82) is 0 Å². The molecule has 0 saturated heterocycles. The molecule has 132 valence electrons. The summed E-state index contributed by atoms with van der Waals surface area (Å²) in [5, 5.41) is 13.1. The van der Waals surface area contributed by atoms with Crippen LogP contribution in [0.1, 0.15) is 29.8 Å². The number of thiophene rings is 1. The molecule has 3 rings (SSSR count). The average molecular weight is 350 g/mol. The molecule has 1 aliphatic rings. The van der Waals surface area contributed by atoms with E-state index in [-0.39, 0.29) is 0 Å². The van der Waals surface area contributed by atoms with E-state index in [9.17, 15) is 0 Å². The molecule has 1 aliphatic heterocycles. The van der Waals surface area contributed by atoms with E-state index in [1.807, 2.05) is 4.68 Å². The molecule has 2 aromatic heterocycles. The molecular formula is C17H27N5OS. The van der Waals surface area contributed by atoms with Crippen LogP contribution in [0.4, 0.5) is 0 Å². The molecule has 1 atom stereocenters. The van der Waals surface area contributed by atoms with Crippen molar-refractivity contribution in [2.45, 2.75) is 32.5 Å². The second kappa shape index (κ2) is 8.20. The van der Waals surface area contributed by atoms with Crippen LogP contribution in [0.15, 0.2) is 16.8 Å². The Labute approximate surface area is 148 Å². The van der Waals surface area contributed by atoms with Crippen molar-refractivity contribution in [3.05, 3.63) is 33.8 Å². The number of hydrogen-bond donors (Lipinski definition) is 0. The summed E-state index contributed by atoms with van der Waals surface area (Å²) in [5.41, 5.74) is 3.75. The summed E-state index contributed by atoms with van der Waals surface area (Å²) in [6.45, 7) is 8.26. The zero-order chi connectivity index (χ0) is 16.9. The highest BCUT2D eigenvalue weighted by Gasteiger charge is 2.30. The van der Waals surface area contributed by atoms with Gasteiger partial charge in [-0.25, -0.2) is 4.68 Å². The summed E-state index contributed by atoms with van der Waals surface area (Å²) >= 11 is 1.75. The Hall–Kier alpha value is -1.28. The summed E-state index contributed by atoms with van der Waals surface area (Å²) in [6, 6.07) is 2.20. The Morgan fingerprint density at radius 3 is 3.00 bits per heavy atom. The van der Waals surface area contributed by atoms with Crippen LogP contribution in [0.2, 0.25) is 0 Å². The van der Waals surface area contributed by atoms with Crippen molar-refractivity contribution in [3.8, 4) is 0 Å². The lowest BCUT2D eigenvalue weighted by atomic mass is 9.98. The third-order valence-corrected chi connectivity index (χ3v) is 5.11. The third kappa shape index (κ3) is 4.22. The van der Waals surface area contributed by atoms with Crippen molar-refractivity contribution < 1.29 is 4.74 Å². The fraction of sp³-hybridized carbons (Fsp3) is 0.647. The second-order valence-corrected chi connectivity index (χ2v) is 7.39. The smallest absolute Gasteiger partial charge is 0.100 e. The van der Waals surface area contributed by atoms with Gasteiger partial charge in [-0.3, -0.25) is 4.90 Å². The maximum Gasteiger partial charge on any atom is 0.100 e. The molecule has 0 spiro atoms. The van der Waals surface area contributed by atoms with E-state index < -0.39 is 0 Å². The standard InChI is InChI=1S/C17H27N5OS/c1-4-22-17-15(12-23-7-6-20(2)3)10-21(11-16(17)18-19-22)9-14-5-8-24-13-14/h5,8,13,15H,4,6-7,9-12H2,1-3H3. The predicted octanol–water partition coefficient (Wildman–Crippen LogP) is 2.04. The summed E-state index contributed by atoms with van der Waals surface area (Å²) in [5.74, 6) is 0.337. The van der Waals surface area contributed by atoms with Gasteiger partial charge in [-0.15, -0.1) is 5.10 Å². The molecule has 6 nitrogen and oxygen atoms in total. The van der Waals surface area contributed by atoms with Gasteiger partial charge in [0.25, 0.3) is 0 Å². The third-order valence-electron chi connectivity index (χ3n) is 4.37. The molecule has 0 N–H and O–H groups in total. The predicted molar refractivity (Wildman–Crippen MR) is 96.2 cm³/mol. The Kier molecular flexibility index (Phi) is 5.99. The van der Waals surface area contributed by atoms with Crippen LogP contribution < -0.4 is 0 Å². The maximum absolute atomic E-state index is 5.96. The average Bonchev–Trinajstić information content (AvgIpc) is 3.20. The molecule has 3 heterocycles. The zero-order valence-electron chi connectivity index (χ0n) is 14.8. The number of nitrogens with zero attached hydrogens (tertiary/aromatic N) is 5. The number of hydrogen-bond acceptors (Lipinski definition) is 6. The van der Waals surface area contributed by atoms with Crippen LogP contribution >= 0.6 is 11.3 Å². The van der Waals surface area contributed by atoms with Gasteiger partial charge < -0.3 is 9.64 Å². The van der Waals surface area contributed by atoms with Gasteiger partial charge in [0, 0.05) is 38.6 Å². The monoisotopic (exact) mass is 349 g/mol. The van der Waals surface area contributed by atoms with E-state index in [4.69, 9.17) is 4.74 Å². The van der Waals surface area contributed by atoms with E-state index in [1.165, 1.54) is 11.3 Å². The minimum absolute atomic E-state index is 0.337. The molecule has 1 unspecified atom stereocenters. The molecule has 0 aliphatic carbocycles. The fourth-order valence-corrected chi connectivity index (χ4v) is 3.85. The lowest BCUT2D eigenvalue weighted by Crippen LogP contribution is -2.36. The number of aryl methyl sites for hydroxylation is 1. The summed E-state index contributed by atoms with van der Waals surface area (Å²) in [7, 11) is 4.14. The second-order valence-electron chi connectivity index (χ2n) is 6.61. The molecular weight excluding hydrogens is 322 g/mol. The topological polar surface area (TPSA) is 46.4 Å². The van der Waals surface area contributed by atoms with E-state index in [2.05, 4.69) is 58.0 Å². The first kappa shape index (κ1) is 17.5. The Bertz CT molecular complexity index is 625. The minimum Gasteiger partial charge on any atom is -0.379 e. The number of ether oxygens (including phenoxy) is 1. The van der Waals surface area contributed by atoms with Crippen LogP contribution in [-0.2, 0) is 24.4 Å². The largest absolute Gasteiger partial charge is 0.379 e. The first-order valence-corrected chi connectivity index (χ1v) is 9.49. The Morgan fingerprint density at radius 1 is 1.42 bits per heavy atom. The van der Waals surface area contributed by atoms with Crippen molar-refractivity contribution in [1.82, 2.24) is 24.8 Å². The molecule has 0 radical (unpaired) electrons. The lowest BCUT2D eigenvalue weighted by Gasteiger charge is -2.32. The molecule has 0 amide bonds. The molecule has 0 fully saturated rings. The summed E-state index contributed by atoms with van der Waals surface area (Å²) in [4.78, 5) is 4.60. The van der Waals surface area contributed by atoms with E-state index in [0.717, 1.165) is 51.6 Å². The van der Waals surface area contributed by atoms with E-state index >= 15 is 0 Å². The van der Waals surface area contributed by atoms with Crippen molar-refractivity contribution in [3.63, 3.8) is 0 Å². The number of fused-ring (bicyclic) bond motifs is 1. The summed E-state index contributed by atoms with van der Waals surface area (Å²) < 4.78 is 8.00. The minimum atomic E-state index is 0.337. The van der Waals surface area contributed by atoms with Gasteiger partial charge in [0.15, 0.2) is 0 Å². The fourth-order valence-electron chi connectivity index (χ4n) is 3.19. The van der Waals surface area contributed by atoms with Crippen molar-refractivity contribution >= 4 is 11.3 Å². The van der Waals surface area contributed by atoms with Gasteiger partial charge in [-0.1, -0.05) is 5.21 Å². The molecule has 0 bridgehead atoms. The van der Waals surface area contributed by atoms with Gasteiger partial charge in [-0.2, -0.15) is 11.3 Å². The zero-order valence-corrected chi connectivity index (χ0v) is 15.6. The van der Waals surface area contributed by atoms with Crippen molar-refractivity contribution in [2.24, 2.45) is 0 Å². The number of rotatable bonds is 8. The van der Waals surface area contributed by atoms with Crippen LogP contribution in [0, 0.1) is 0 Å². The van der Waals surface area contributed by atoms with Gasteiger partial charge >= 0.3 is 0 Å². The van der Waals surface area contributed by atoms with Crippen molar-refractivity contribution in [2.75, 3.05) is 40.4 Å². The van der Waals surface area contributed by atoms with Crippen LogP contribution in [-0.4, -0.2) is 65.2 Å². The molecule has 0 aromatic carbocycles. The highest BCUT2D eigenvalue weighted by molar-refractivity contribution is 7.07. The summed E-state index contributed by atoms with van der Waals surface area (Å²) in [6.07, 6.45) is 0. The van der Waals surface area contributed by atoms with Crippen LogP contribution in [0.5, 0.6) is 0 Å². The van der Waals surface area contributed by atoms with Gasteiger partial charge in [0.1, 0.15) is 5.69 Å². The maximum atomic E-state index is 5.96. The Balaban J connectivity index is 1.68. The molecule has 24 heavy (non-hydrogen) atoms. The van der Waals surface area contributed by atoms with E-state index in [1.54, 1.807) is 11.3 Å². The number of aromatic nitrogens is 3. The van der Waals surface area contributed by atoms with Crippen LogP contribution in [0.3, 0.4) is 0 Å².